The van der Waals surface area contributed by atoms with Crippen molar-refractivity contribution < 1.29 is 19.4 Å². The Morgan fingerprint density at radius 2 is 1.81 bits per heavy atom. The zero-order valence-corrected chi connectivity index (χ0v) is 13.1. The molecule has 0 radical (unpaired) electrons. The van der Waals surface area contributed by atoms with E-state index in [0.717, 1.165) is 19.3 Å². The van der Waals surface area contributed by atoms with Crippen molar-refractivity contribution in [1.29, 1.82) is 0 Å². The monoisotopic (exact) mass is 296 g/mol. The van der Waals surface area contributed by atoms with Crippen molar-refractivity contribution in [2.75, 3.05) is 6.61 Å². The summed E-state index contributed by atoms with van der Waals surface area (Å²) in [5, 5.41) is 9.13. The van der Waals surface area contributed by atoms with Gasteiger partial charge < -0.3 is 9.84 Å². The van der Waals surface area contributed by atoms with E-state index < -0.39 is 17.8 Å². The molecule has 1 aliphatic carbocycles. The van der Waals surface area contributed by atoms with E-state index in [9.17, 15) is 9.59 Å². The van der Waals surface area contributed by atoms with Gasteiger partial charge in [0.2, 0.25) is 0 Å². The third-order valence-corrected chi connectivity index (χ3v) is 4.00. The lowest BCUT2D eigenvalue weighted by Gasteiger charge is -2.22. The summed E-state index contributed by atoms with van der Waals surface area (Å²) in [6, 6.07) is 0. The van der Waals surface area contributed by atoms with Crippen molar-refractivity contribution in [3.8, 4) is 0 Å². The summed E-state index contributed by atoms with van der Waals surface area (Å²) in [6.45, 7) is 2.60. The Kier molecular flexibility index (Phi) is 8.79. The summed E-state index contributed by atoms with van der Waals surface area (Å²) in [5.74, 6) is -2.53. The van der Waals surface area contributed by atoms with Gasteiger partial charge in [-0.15, -0.1) is 0 Å². The van der Waals surface area contributed by atoms with Gasteiger partial charge in [0, 0.05) is 0 Å². The van der Waals surface area contributed by atoms with Crippen LogP contribution in [-0.2, 0) is 14.3 Å². The number of rotatable bonds is 10. The fourth-order valence-electron chi connectivity index (χ4n) is 2.68. The van der Waals surface area contributed by atoms with Crippen LogP contribution >= 0.6 is 0 Å². The maximum atomic E-state index is 12.0. The van der Waals surface area contributed by atoms with Crippen LogP contribution < -0.4 is 0 Å². The normalized spacial score (nSPS) is 21.2. The van der Waals surface area contributed by atoms with Crippen molar-refractivity contribution >= 4 is 11.9 Å². The third-order valence-electron chi connectivity index (χ3n) is 4.00. The van der Waals surface area contributed by atoms with Crippen LogP contribution in [-0.4, -0.2) is 23.7 Å². The second-order valence-electron chi connectivity index (χ2n) is 5.76. The average Bonchev–Trinajstić information content (AvgIpc) is 2.49. The number of carboxylic acid groups (broad SMARTS) is 1. The highest BCUT2D eigenvalue weighted by Gasteiger charge is 2.34. The van der Waals surface area contributed by atoms with Gasteiger partial charge in [-0.25, -0.2) is 0 Å². The van der Waals surface area contributed by atoms with Gasteiger partial charge in [0.1, 0.15) is 0 Å². The molecule has 120 valence electrons. The van der Waals surface area contributed by atoms with Gasteiger partial charge in [-0.3, -0.25) is 9.59 Å². The van der Waals surface area contributed by atoms with Gasteiger partial charge in [-0.05, 0) is 19.3 Å². The van der Waals surface area contributed by atoms with E-state index in [-0.39, 0.29) is 5.97 Å². The molecule has 4 nitrogen and oxygen atoms in total. The number of hydrogen-bond donors (Lipinski definition) is 1. The molecule has 1 N–H and O–H groups in total. The molecule has 0 fully saturated rings. The lowest BCUT2D eigenvalue weighted by atomic mass is 9.84. The zero-order chi connectivity index (χ0) is 15.5. The summed E-state index contributed by atoms with van der Waals surface area (Å²) in [6.07, 6.45) is 13.0. The first kappa shape index (κ1) is 17.7. The largest absolute Gasteiger partial charge is 0.481 e. The molecule has 2 unspecified atom stereocenters. The lowest BCUT2D eigenvalue weighted by Crippen LogP contribution is -2.31. The molecule has 21 heavy (non-hydrogen) atoms. The van der Waals surface area contributed by atoms with Gasteiger partial charge >= 0.3 is 11.9 Å². The third kappa shape index (κ3) is 6.78. The number of carbonyl (C=O) groups excluding carboxylic acids is 1. The highest BCUT2D eigenvalue weighted by Crippen LogP contribution is 2.26. The van der Waals surface area contributed by atoms with Crippen molar-refractivity contribution in [2.24, 2.45) is 11.8 Å². The van der Waals surface area contributed by atoms with E-state index in [1.807, 2.05) is 6.08 Å². The van der Waals surface area contributed by atoms with Crippen LogP contribution in [0.3, 0.4) is 0 Å². The van der Waals surface area contributed by atoms with E-state index in [1.165, 1.54) is 32.1 Å². The van der Waals surface area contributed by atoms with Crippen molar-refractivity contribution in [1.82, 2.24) is 0 Å². The fraction of sp³-hybridized carbons (Fsp3) is 0.765. The molecule has 0 saturated carbocycles. The van der Waals surface area contributed by atoms with Crippen LogP contribution in [0.15, 0.2) is 12.2 Å². The molecule has 0 aromatic rings. The van der Waals surface area contributed by atoms with Crippen LogP contribution in [0, 0.1) is 11.8 Å². The zero-order valence-electron chi connectivity index (χ0n) is 13.1. The van der Waals surface area contributed by atoms with Gasteiger partial charge in [0.25, 0.3) is 0 Å². The first-order valence-corrected chi connectivity index (χ1v) is 8.23. The second-order valence-corrected chi connectivity index (χ2v) is 5.76. The number of ether oxygens (including phenoxy) is 1. The number of allylic oxidation sites excluding steroid dienone is 1. The molecule has 0 spiro atoms. The summed E-state index contributed by atoms with van der Waals surface area (Å²) in [4.78, 5) is 23.1. The predicted molar refractivity (Wildman–Crippen MR) is 81.9 cm³/mol. The van der Waals surface area contributed by atoms with Gasteiger partial charge in [-0.2, -0.15) is 0 Å². The Morgan fingerprint density at radius 3 is 2.48 bits per heavy atom. The SMILES string of the molecule is CCCCCCCCCOC(=O)C1C=CCCC1C(=O)O. The molecule has 0 aromatic heterocycles. The number of unbranched alkanes of at least 4 members (excludes halogenated alkanes) is 6. The molecule has 0 aliphatic heterocycles. The van der Waals surface area contributed by atoms with Crippen molar-refractivity contribution in [3.63, 3.8) is 0 Å². The number of hydrogen-bond acceptors (Lipinski definition) is 3. The molecule has 0 saturated heterocycles. The number of carbonyl (C=O) groups is 2. The van der Waals surface area contributed by atoms with Crippen LogP contribution in [0.4, 0.5) is 0 Å². The molecule has 2 atom stereocenters. The maximum Gasteiger partial charge on any atom is 0.313 e. The quantitative estimate of drug-likeness (QED) is 0.377. The van der Waals surface area contributed by atoms with Crippen LogP contribution in [0.25, 0.3) is 0 Å². The number of carboxylic acids is 1. The van der Waals surface area contributed by atoms with E-state index in [4.69, 9.17) is 9.84 Å². The number of aliphatic carboxylic acids is 1. The van der Waals surface area contributed by atoms with E-state index >= 15 is 0 Å². The van der Waals surface area contributed by atoms with Crippen molar-refractivity contribution in [3.05, 3.63) is 12.2 Å². The van der Waals surface area contributed by atoms with Crippen LogP contribution in [0.2, 0.25) is 0 Å². The van der Waals surface area contributed by atoms with Gasteiger partial charge in [-0.1, -0.05) is 57.6 Å². The summed E-state index contributed by atoms with van der Waals surface area (Å²) < 4.78 is 5.24. The van der Waals surface area contributed by atoms with E-state index in [0.29, 0.717) is 13.0 Å². The minimum absolute atomic E-state index is 0.385. The topological polar surface area (TPSA) is 63.6 Å². The highest BCUT2D eigenvalue weighted by molar-refractivity contribution is 5.83. The summed E-state index contributed by atoms with van der Waals surface area (Å²) in [5.41, 5.74) is 0. The molecular weight excluding hydrogens is 268 g/mol. The van der Waals surface area contributed by atoms with Crippen LogP contribution in [0.5, 0.6) is 0 Å². The van der Waals surface area contributed by atoms with Gasteiger partial charge in [0.05, 0.1) is 18.4 Å². The van der Waals surface area contributed by atoms with E-state index in [2.05, 4.69) is 6.92 Å². The fourth-order valence-corrected chi connectivity index (χ4v) is 2.68. The summed E-state index contributed by atoms with van der Waals surface area (Å²) in [7, 11) is 0. The Labute approximate surface area is 127 Å². The second kappa shape index (κ2) is 10.4. The van der Waals surface area contributed by atoms with Gasteiger partial charge in [0.15, 0.2) is 0 Å². The molecule has 1 rings (SSSR count). The minimum atomic E-state index is -0.905. The smallest absolute Gasteiger partial charge is 0.313 e. The van der Waals surface area contributed by atoms with Crippen LogP contribution in [0.1, 0.15) is 64.7 Å². The van der Waals surface area contributed by atoms with Crippen molar-refractivity contribution in [2.45, 2.75) is 64.7 Å². The first-order valence-electron chi connectivity index (χ1n) is 8.23. The molecule has 0 aromatic carbocycles. The maximum absolute atomic E-state index is 12.0. The summed E-state index contributed by atoms with van der Waals surface area (Å²) >= 11 is 0. The highest BCUT2D eigenvalue weighted by atomic mass is 16.5. The predicted octanol–water partition coefficient (Wildman–Crippen LogP) is 3.95. The Bertz CT molecular complexity index is 349. The Hall–Kier alpha value is -1.32. The average molecular weight is 296 g/mol. The Morgan fingerprint density at radius 1 is 1.14 bits per heavy atom. The molecular formula is C17H28O4. The molecule has 1 aliphatic rings. The standard InChI is InChI=1S/C17H28O4/c1-2-3-4-5-6-7-10-13-21-17(20)15-12-9-8-11-14(15)16(18)19/h9,12,14-15H,2-8,10-11,13H2,1H3,(H,18,19). The van der Waals surface area contributed by atoms with E-state index in [1.54, 1.807) is 6.08 Å². The minimum Gasteiger partial charge on any atom is -0.481 e. The molecule has 4 heteroatoms. The molecule has 0 bridgehead atoms. The first-order chi connectivity index (χ1) is 10.2. The lowest BCUT2D eigenvalue weighted by molar-refractivity contribution is -0.156. The molecule has 0 heterocycles. The molecule has 0 amide bonds. The Balaban J connectivity index is 2.16. The number of esters is 1.